The smallest absolute Gasteiger partial charge is 0.330 e. The maximum absolute atomic E-state index is 12.3. The highest BCUT2D eigenvalue weighted by Gasteiger charge is 2.61. The first-order valence-electron chi connectivity index (χ1n) is 7.49. The van der Waals surface area contributed by atoms with E-state index >= 15 is 0 Å². The van der Waals surface area contributed by atoms with E-state index in [2.05, 4.69) is 9.64 Å². The van der Waals surface area contributed by atoms with Gasteiger partial charge in [-0.2, -0.15) is 0 Å². The number of ether oxygens (including phenoxy) is 2. The normalized spacial score (nSPS) is 34.6. The Morgan fingerprint density at radius 3 is 2.45 bits per heavy atom. The Balaban J connectivity index is 2.46. The molecule has 2 rings (SSSR count). The molecule has 0 saturated carbocycles. The Bertz CT molecular complexity index is 515. The zero-order valence-electron chi connectivity index (χ0n) is 13.5. The highest BCUT2D eigenvalue weighted by Crippen LogP contribution is 2.49. The fourth-order valence-electron chi connectivity index (χ4n) is 4.05. The molecule has 6 heteroatoms. The lowest BCUT2D eigenvalue weighted by molar-refractivity contribution is -0.151. The van der Waals surface area contributed by atoms with Crippen molar-refractivity contribution in [1.29, 1.82) is 0 Å². The molecule has 122 valence electrons. The van der Waals surface area contributed by atoms with Gasteiger partial charge >= 0.3 is 11.9 Å². The Morgan fingerprint density at radius 1 is 1.23 bits per heavy atom. The van der Waals surface area contributed by atoms with Gasteiger partial charge in [-0.15, -0.1) is 0 Å². The van der Waals surface area contributed by atoms with Crippen molar-refractivity contribution in [3.8, 4) is 0 Å². The zero-order valence-corrected chi connectivity index (χ0v) is 13.5. The van der Waals surface area contributed by atoms with Crippen LogP contribution in [0, 0.1) is 11.8 Å². The van der Waals surface area contributed by atoms with Crippen LogP contribution in [0.15, 0.2) is 12.2 Å². The minimum atomic E-state index is -0.723. The summed E-state index contributed by atoms with van der Waals surface area (Å²) in [5.74, 6) is -1.91. The number of carbonyl (C=O) groups is 3. The fourth-order valence-corrected chi connectivity index (χ4v) is 4.05. The number of rotatable bonds is 4. The summed E-state index contributed by atoms with van der Waals surface area (Å²) in [6.07, 6.45) is 4.86. The number of ketones is 1. The van der Waals surface area contributed by atoms with Gasteiger partial charge in [0.05, 0.1) is 25.7 Å². The number of fused-ring (bicyclic) bond motifs is 1. The zero-order chi connectivity index (χ0) is 16.5. The van der Waals surface area contributed by atoms with Crippen molar-refractivity contribution in [3.63, 3.8) is 0 Å². The van der Waals surface area contributed by atoms with Crippen molar-refractivity contribution in [2.75, 3.05) is 20.8 Å². The quantitative estimate of drug-likeness (QED) is 0.568. The SMILES string of the molecule is COC(=O)/C=C/[C@@]1(C)[C@@H](C(=O)OC)[C@H](C(C)=O)[C@H]2CCCN21. The molecule has 22 heavy (non-hydrogen) atoms. The Labute approximate surface area is 130 Å². The minimum absolute atomic E-state index is 0.0116. The molecular formula is C16H23NO5. The van der Waals surface area contributed by atoms with Crippen LogP contribution >= 0.6 is 0 Å². The Kier molecular flexibility index (Phi) is 4.70. The maximum Gasteiger partial charge on any atom is 0.330 e. The summed E-state index contributed by atoms with van der Waals surface area (Å²) in [6.45, 7) is 4.20. The number of methoxy groups -OCH3 is 2. The second-order valence-corrected chi connectivity index (χ2v) is 6.12. The average molecular weight is 309 g/mol. The van der Waals surface area contributed by atoms with Crippen molar-refractivity contribution >= 4 is 17.7 Å². The fraction of sp³-hybridized carbons (Fsp3) is 0.688. The number of hydrogen-bond donors (Lipinski definition) is 0. The molecule has 0 unspecified atom stereocenters. The molecule has 0 radical (unpaired) electrons. The van der Waals surface area contributed by atoms with Gasteiger partial charge < -0.3 is 9.47 Å². The van der Waals surface area contributed by atoms with Gasteiger partial charge in [0.2, 0.25) is 0 Å². The van der Waals surface area contributed by atoms with Crippen LogP contribution in [0.1, 0.15) is 26.7 Å². The molecule has 0 amide bonds. The van der Waals surface area contributed by atoms with Crippen LogP contribution in [-0.4, -0.2) is 55.0 Å². The third-order valence-corrected chi connectivity index (χ3v) is 5.00. The lowest BCUT2D eigenvalue weighted by atomic mass is 9.76. The van der Waals surface area contributed by atoms with E-state index in [-0.39, 0.29) is 11.8 Å². The first-order valence-corrected chi connectivity index (χ1v) is 7.49. The number of nitrogens with zero attached hydrogens (tertiary/aromatic N) is 1. The Hall–Kier alpha value is -1.69. The standard InChI is InChI=1S/C16H23NO5/c1-10(18)13-11-6-5-9-17(11)16(2,8-7-12(19)21-3)14(13)15(20)22-4/h7-8,11,13-14H,5-6,9H2,1-4H3/b8-7+/t11-,13-,14-,16+/m1/s1. The average Bonchev–Trinajstić information content (AvgIpc) is 3.05. The molecule has 2 aliphatic rings. The van der Waals surface area contributed by atoms with Gasteiger partial charge in [-0.25, -0.2) is 4.79 Å². The third-order valence-electron chi connectivity index (χ3n) is 5.00. The summed E-state index contributed by atoms with van der Waals surface area (Å²) >= 11 is 0. The molecule has 0 aromatic heterocycles. The maximum atomic E-state index is 12.3. The molecule has 0 aromatic rings. The molecular weight excluding hydrogens is 286 g/mol. The highest BCUT2D eigenvalue weighted by molar-refractivity contribution is 5.88. The molecule has 0 bridgehead atoms. The molecule has 0 spiro atoms. The van der Waals surface area contributed by atoms with Crippen LogP contribution in [0.25, 0.3) is 0 Å². The summed E-state index contributed by atoms with van der Waals surface area (Å²) < 4.78 is 9.58. The number of carbonyl (C=O) groups excluding carboxylic acids is 3. The predicted octanol–water partition coefficient (Wildman–Crippen LogP) is 0.947. The van der Waals surface area contributed by atoms with Gasteiger partial charge in [-0.05, 0) is 33.2 Å². The number of hydrogen-bond acceptors (Lipinski definition) is 6. The van der Waals surface area contributed by atoms with E-state index in [1.54, 1.807) is 6.08 Å². The van der Waals surface area contributed by atoms with Crippen LogP contribution in [0.3, 0.4) is 0 Å². The van der Waals surface area contributed by atoms with Crippen LogP contribution < -0.4 is 0 Å². The molecule has 0 N–H and O–H groups in total. The van der Waals surface area contributed by atoms with Gasteiger partial charge in [0.15, 0.2) is 0 Å². The highest BCUT2D eigenvalue weighted by atomic mass is 16.5. The lowest BCUT2D eigenvalue weighted by Crippen LogP contribution is -2.47. The summed E-state index contributed by atoms with van der Waals surface area (Å²) in [6, 6.07) is 0.0221. The summed E-state index contributed by atoms with van der Waals surface area (Å²) in [5, 5.41) is 0. The number of Topliss-reactive ketones (excluding diaryl/α,β-unsaturated/α-hetero) is 1. The van der Waals surface area contributed by atoms with E-state index in [9.17, 15) is 14.4 Å². The largest absolute Gasteiger partial charge is 0.469 e. The summed E-state index contributed by atoms with van der Waals surface area (Å²) in [7, 11) is 2.63. The Morgan fingerprint density at radius 2 is 1.91 bits per heavy atom. The van der Waals surface area contributed by atoms with Gasteiger partial charge in [-0.3, -0.25) is 14.5 Å². The molecule has 0 aromatic carbocycles. The van der Waals surface area contributed by atoms with Crippen molar-refractivity contribution in [2.24, 2.45) is 11.8 Å². The molecule has 0 aliphatic carbocycles. The topological polar surface area (TPSA) is 72.9 Å². The second kappa shape index (κ2) is 6.20. The monoisotopic (exact) mass is 309 g/mol. The summed E-state index contributed by atoms with van der Waals surface area (Å²) in [4.78, 5) is 38.1. The minimum Gasteiger partial charge on any atom is -0.469 e. The van der Waals surface area contributed by atoms with Gasteiger partial charge in [-0.1, -0.05) is 6.08 Å². The molecule has 2 fully saturated rings. The molecule has 2 saturated heterocycles. The van der Waals surface area contributed by atoms with Crippen molar-refractivity contribution in [3.05, 3.63) is 12.2 Å². The molecule has 4 atom stereocenters. The number of esters is 2. The van der Waals surface area contributed by atoms with Gasteiger partial charge in [0, 0.05) is 18.0 Å². The van der Waals surface area contributed by atoms with E-state index in [1.807, 2.05) is 6.92 Å². The van der Waals surface area contributed by atoms with Gasteiger partial charge in [0.1, 0.15) is 5.78 Å². The lowest BCUT2D eigenvalue weighted by Gasteiger charge is -2.35. The van der Waals surface area contributed by atoms with Crippen LogP contribution in [-0.2, 0) is 23.9 Å². The third kappa shape index (κ3) is 2.56. The van der Waals surface area contributed by atoms with Crippen molar-refractivity contribution in [2.45, 2.75) is 38.3 Å². The predicted molar refractivity (Wildman–Crippen MR) is 79.0 cm³/mol. The van der Waals surface area contributed by atoms with Crippen LogP contribution in [0.5, 0.6) is 0 Å². The molecule has 2 aliphatic heterocycles. The van der Waals surface area contributed by atoms with Crippen LogP contribution in [0.2, 0.25) is 0 Å². The van der Waals surface area contributed by atoms with Crippen molar-refractivity contribution in [1.82, 2.24) is 4.90 Å². The molecule has 6 nitrogen and oxygen atoms in total. The first kappa shape index (κ1) is 16.7. The second-order valence-electron chi connectivity index (χ2n) is 6.12. The van der Waals surface area contributed by atoms with E-state index in [1.165, 1.54) is 27.2 Å². The van der Waals surface area contributed by atoms with E-state index < -0.39 is 29.3 Å². The van der Waals surface area contributed by atoms with Crippen LogP contribution in [0.4, 0.5) is 0 Å². The van der Waals surface area contributed by atoms with E-state index in [4.69, 9.17) is 4.74 Å². The first-order chi connectivity index (χ1) is 10.4. The van der Waals surface area contributed by atoms with Gasteiger partial charge in [0.25, 0.3) is 0 Å². The van der Waals surface area contributed by atoms with E-state index in [0.29, 0.717) is 0 Å². The van der Waals surface area contributed by atoms with E-state index in [0.717, 1.165) is 19.4 Å². The van der Waals surface area contributed by atoms with Crippen molar-refractivity contribution < 1.29 is 23.9 Å². The molecule has 2 heterocycles. The summed E-state index contributed by atoms with van der Waals surface area (Å²) in [5.41, 5.74) is -0.723.